The minimum absolute atomic E-state index is 0.297. The lowest BCUT2D eigenvalue weighted by Crippen LogP contribution is -2.28. The highest BCUT2D eigenvalue weighted by molar-refractivity contribution is 7.46. The van der Waals surface area contributed by atoms with E-state index in [2.05, 4.69) is 109 Å². The normalized spacial score (nSPS) is 14.0. The number of anilines is 1. The maximum absolute atomic E-state index is 3.25. The molecule has 0 aliphatic heterocycles. The molecule has 4 aromatic carbocycles. The Bertz CT molecular complexity index is 1060. The van der Waals surface area contributed by atoms with Gasteiger partial charge in [0.25, 0.3) is 0 Å². The largest absolute Gasteiger partial charge is 0.388 e. The van der Waals surface area contributed by atoms with Gasteiger partial charge in [-0.1, -0.05) is 93.5 Å². The molecule has 0 saturated heterocycles. The van der Waals surface area contributed by atoms with Crippen molar-refractivity contribution in [2.45, 2.75) is 5.41 Å². The lowest BCUT2D eigenvalue weighted by atomic mass is 9.68. The standard InChI is InChI=1S/C27H24NP/c1-28-21-15-11-19(12-16-21)27(20-13-17-22(29-2)18-14-20)25-9-5-3-7-23(25)24-8-4-6-10-26(24)27/h3-18,28-29H,1-2H3. The van der Waals surface area contributed by atoms with Crippen molar-refractivity contribution in [1.82, 2.24) is 0 Å². The van der Waals surface area contributed by atoms with Crippen molar-refractivity contribution >= 4 is 19.6 Å². The molecule has 1 atom stereocenters. The van der Waals surface area contributed by atoms with E-state index in [1.807, 2.05) is 7.05 Å². The van der Waals surface area contributed by atoms with Crippen molar-refractivity contribution in [3.05, 3.63) is 119 Å². The van der Waals surface area contributed by atoms with Crippen LogP contribution >= 0.6 is 8.58 Å². The lowest BCUT2D eigenvalue weighted by Gasteiger charge is -2.34. The molecule has 0 spiro atoms. The van der Waals surface area contributed by atoms with Crippen LogP contribution in [0.5, 0.6) is 0 Å². The summed E-state index contributed by atoms with van der Waals surface area (Å²) in [5.74, 6) is 0. The molecule has 29 heavy (non-hydrogen) atoms. The summed E-state index contributed by atoms with van der Waals surface area (Å²) in [5, 5.41) is 4.65. The van der Waals surface area contributed by atoms with Gasteiger partial charge in [0.05, 0.1) is 5.41 Å². The van der Waals surface area contributed by atoms with E-state index < -0.39 is 0 Å². The van der Waals surface area contributed by atoms with Gasteiger partial charge in [0.2, 0.25) is 0 Å². The molecule has 2 heteroatoms. The summed E-state index contributed by atoms with van der Waals surface area (Å²) < 4.78 is 0. The van der Waals surface area contributed by atoms with Crippen LogP contribution in [0.3, 0.4) is 0 Å². The van der Waals surface area contributed by atoms with Crippen molar-refractivity contribution in [3.8, 4) is 11.1 Å². The molecule has 0 saturated carbocycles. The van der Waals surface area contributed by atoms with E-state index in [1.165, 1.54) is 38.7 Å². The zero-order valence-electron chi connectivity index (χ0n) is 16.7. The minimum atomic E-state index is -0.297. The van der Waals surface area contributed by atoms with E-state index in [0.29, 0.717) is 0 Å². The van der Waals surface area contributed by atoms with E-state index >= 15 is 0 Å². The van der Waals surface area contributed by atoms with Crippen molar-refractivity contribution in [3.63, 3.8) is 0 Å². The molecule has 0 fully saturated rings. The maximum atomic E-state index is 3.25. The van der Waals surface area contributed by atoms with Gasteiger partial charge in [0, 0.05) is 12.7 Å². The predicted octanol–water partition coefficient (Wildman–Crippen LogP) is 6.03. The van der Waals surface area contributed by atoms with Crippen LogP contribution in [0.15, 0.2) is 97.1 Å². The zero-order valence-corrected chi connectivity index (χ0v) is 17.7. The molecule has 4 aromatic rings. The molecule has 5 rings (SSSR count). The Morgan fingerprint density at radius 3 is 1.59 bits per heavy atom. The van der Waals surface area contributed by atoms with Gasteiger partial charge in [-0.2, -0.15) is 0 Å². The molecule has 1 nitrogen and oxygen atoms in total. The van der Waals surface area contributed by atoms with Gasteiger partial charge in [0.15, 0.2) is 0 Å². The van der Waals surface area contributed by atoms with Gasteiger partial charge in [-0.15, -0.1) is 0 Å². The Morgan fingerprint density at radius 2 is 1.10 bits per heavy atom. The highest BCUT2D eigenvalue weighted by Crippen LogP contribution is 2.55. The summed E-state index contributed by atoms with van der Waals surface area (Å²) in [5.41, 5.74) is 8.87. The first-order valence-electron chi connectivity index (χ1n) is 10.0. The van der Waals surface area contributed by atoms with Gasteiger partial charge in [-0.3, -0.25) is 0 Å². The van der Waals surface area contributed by atoms with E-state index in [9.17, 15) is 0 Å². The Morgan fingerprint density at radius 1 is 0.621 bits per heavy atom. The van der Waals surface area contributed by atoms with Crippen LogP contribution in [0.25, 0.3) is 11.1 Å². The van der Waals surface area contributed by atoms with Crippen LogP contribution in [0.4, 0.5) is 5.69 Å². The molecule has 0 amide bonds. The molecule has 142 valence electrons. The van der Waals surface area contributed by atoms with Gasteiger partial charge >= 0.3 is 0 Å². The third-order valence-electron chi connectivity index (χ3n) is 6.17. The second-order valence-electron chi connectivity index (χ2n) is 7.50. The molecule has 0 aromatic heterocycles. The number of hydrogen-bond acceptors (Lipinski definition) is 1. The number of benzene rings is 4. The SMILES string of the molecule is CNc1ccc(C2(c3ccc(PC)cc3)c3ccccc3-c3ccccc32)cc1. The number of hydrogen-bond donors (Lipinski definition) is 1. The molecule has 0 radical (unpaired) electrons. The third-order valence-corrected chi connectivity index (χ3v) is 7.08. The molecule has 1 N–H and O–H groups in total. The van der Waals surface area contributed by atoms with Crippen molar-refractivity contribution in [2.24, 2.45) is 0 Å². The molecule has 0 heterocycles. The Balaban J connectivity index is 1.88. The van der Waals surface area contributed by atoms with Crippen molar-refractivity contribution in [1.29, 1.82) is 0 Å². The van der Waals surface area contributed by atoms with E-state index in [0.717, 1.165) is 14.3 Å². The predicted molar refractivity (Wildman–Crippen MR) is 127 cm³/mol. The summed E-state index contributed by atoms with van der Waals surface area (Å²) in [4.78, 5) is 0. The Labute approximate surface area is 174 Å². The Hall–Kier alpha value is -2.89. The summed E-state index contributed by atoms with van der Waals surface area (Å²) in [6.07, 6.45) is 0. The fourth-order valence-corrected chi connectivity index (χ4v) is 5.30. The molecule has 1 unspecified atom stereocenters. The quantitative estimate of drug-likeness (QED) is 0.368. The highest BCUT2D eigenvalue weighted by atomic mass is 31.1. The zero-order chi connectivity index (χ0) is 19.8. The maximum Gasteiger partial charge on any atom is 0.0713 e. The van der Waals surface area contributed by atoms with Gasteiger partial charge in [-0.05, 0) is 57.5 Å². The summed E-state index contributed by atoms with van der Waals surface area (Å²) in [6, 6.07) is 35.9. The van der Waals surface area contributed by atoms with E-state index in [4.69, 9.17) is 0 Å². The molecular weight excluding hydrogens is 369 g/mol. The third kappa shape index (κ3) is 2.65. The first-order chi connectivity index (χ1) is 14.3. The highest BCUT2D eigenvalue weighted by Gasteiger charge is 2.45. The number of nitrogens with one attached hydrogen (secondary N) is 1. The summed E-state index contributed by atoms with van der Waals surface area (Å²) in [7, 11) is 2.78. The first-order valence-corrected chi connectivity index (χ1v) is 11.5. The van der Waals surface area contributed by atoms with Crippen molar-refractivity contribution < 1.29 is 0 Å². The topological polar surface area (TPSA) is 12.0 Å². The van der Waals surface area contributed by atoms with Gasteiger partial charge < -0.3 is 5.32 Å². The van der Waals surface area contributed by atoms with Crippen LogP contribution in [-0.4, -0.2) is 13.7 Å². The van der Waals surface area contributed by atoms with Crippen LogP contribution in [0, 0.1) is 0 Å². The number of fused-ring (bicyclic) bond motifs is 3. The fraction of sp³-hybridized carbons (Fsp3) is 0.111. The average molecular weight is 393 g/mol. The number of rotatable bonds is 4. The Kier molecular flexibility index (Phi) is 4.49. The molecule has 0 bridgehead atoms. The second kappa shape index (κ2) is 7.17. The van der Waals surface area contributed by atoms with Crippen LogP contribution in [-0.2, 0) is 5.41 Å². The summed E-state index contributed by atoms with van der Waals surface area (Å²) >= 11 is 0. The van der Waals surface area contributed by atoms with E-state index in [1.54, 1.807) is 0 Å². The van der Waals surface area contributed by atoms with E-state index in [-0.39, 0.29) is 5.41 Å². The molecule has 1 aliphatic carbocycles. The van der Waals surface area contributed by atoms with Crippen LogP contribution in [0.1, 0.15) is 22.3 Å². The lowest BCUT2D eigenvalue weighted by molar-refractivity contribution is 0.769. The second-order valence-corrected chi connectivity index (χ2v) is 8.57. The van der Waals surface area contributed by atoms with Crippen LogP contribution < -0.4 is 10.6 Å². The smallest absolute Gasteiger partial charge is 0.0713 e. The first kappa shape index (κ1) is 18.2. The molecular formula is C27H24NP. The average Bonchev–Trinajstić information content (AvgIpc) is 3.11. The molecule has 1 aliphatic rings. The van der Waals surface area contributed by atoms with Crippen molar-refractivity contribution in [2.75, 3.05) is 19.0 Å². The van der Waals surface area contributed by atoms with Crippen LogP contribution in [0.2, 0.25) is 0 Å². The fourth-order valence-electron chi connectivity index (χ4n) is 4.80. The monoisotopic (exact) mass is 393 g/mol. The minimum Gasteiger partial charge on any atom is -0.388 e. The summed E-state index contributed by atoms with van der Waals surface area (Å²) in [6.45, 7) is 2.24. The van der Waals surface area contributed by atoms with Gasteiger partial charge in [-0.25, -0.2) is 0 Å². The van der Waals surface area contributed by atoms with Gasteiger partial charge in [0.1, 0.15) is 0 Å².